The number of nitrogens with one attached hydrogen (secondary N) is 1. The van der Waals surface area contributed by atoms with Crippen molar-refractivity contribution in [3.05, 3.63) is 61.0 Å². The average Bonchev–Trinajstić information content (AvgIpc) is 2.63. The number of pyridine rings is 1. The number of aromatic nitrogens is 1. The Morgan fingerprint density at radius 3 is 2.61 bits per heavy atom. The Hall–Kier alpha value is -2.86. The number of aryl methyl sites for hydroxylation is 1. The number of rotatable bonds is 6. The highest BCUT2D eigenvalue weighted by Crippen LogP contribution is 2.32. The summed E-state index contributed by atoms with van der Waals surface area (Å²) < 4.78 is 6.17. The number of nitrogens with zero attached hydrogens (tertiary/aromatic N) is 3. The van der Waals surface area contributed by atoms with Crippen LogP contribution in [0.1, 0.15) is 22.4 Å². The van der Waals surface area contributed by atoms with Gasteiger partial charge in [0.2, 0.25) is 0 Å². The zero-order valence-corrected chi connectivity index (χ0v) is 16.5. The van der Waals surface area contributed by atoms with Gasteiger partial charge < -0.3 is 14.4 Å². The first-order chi connectivity index (χ1) is 13.3. The molecule has 1 amide bonds. The monoisotopic (exact) mass is 422 g/mol. The van der Waals surface area contributed by atoms with E-state index in [9.17, 15) is 20.0 Å². The molecule has 1 aromatic carbocycles. The van der Waals surface area contributed by atoms with Gasteiger partial charge in [0.05, 0.1) is 22.9 Å². The van der Waals surface area contributed by atoms with Gasteiger partial charge in [-0.15, -0.1) is 0 Å². The molecule has 1 aromatic heterocycles. The lowest BCUT2D eigenvalue weighted by Gasteiger charge is -2.12. The van der Waals surface area contributed by atoms with Crippen LogP contribution in [0.15, 0.2) is 28.1 Å². The van der Waals surface area contributed by atoms with E-state index < -0.39 is 11.5 Å². The lowest BCUT2D eigenvalue weighted by atomic mass is 10.1. The molecule has 0 aliphatic heterocycles. The number of hydrogen-bond donors (Lipinski definition) is 2. The number of halogens is 2. The van der Waals surface area contributed by atoms with E-state index in [2.05, 4.69) is 10.5 Å². The highest BCUT2D eigenvalue weighted by molar-refractivity contribution is 6.37. The molecule has 0 atom stereocenters. The SMILES string of the molecule is COCc1cc(C)n(CC(=O)N/N=C/c2cc(Cl)c(O)c(Cl)c2)c(=O)c1C#N. The van der Waals surface area contributed by atoms with Crippen molar-refractivity contribution in [1.82, 2.24) is 9.99 Å². The maximum Gasteiger partial charge on any atom is 0.269 e. The van der Waals surface area contributed by atoms with Gasteiger partial charge >= 0.3 is 0 Å². The summed E-state index contributed by atoms with van der Waals surface area (Å²) in [5.74, 6) is -0.814. The van der Waals surface area contributed by atoms with E-state index in [1.54, 1.807) is 13.0 Å². The van der Waals surface area contributed by atoms with Gasteiger partial charge in [0.25, 0.3) is 11.5 Å². The third-order valence-electron chi connectivity index (χ3n) is 3.74. The van der Waals surface area contributed by atoms with E-state index in [1.165, 1.54) is 30.0 Å². The van der Waals surface area contributed by atoms with Crippen molar-refractivity contribution in [3.8, 4) is 11.8 Å². The standard InChI is InChI=1S/C18H16Cl2N4O4/c1-10-3-12(9-28-2)13(6-21)18(27)24(10)8-16(25)23-22-7-11-4-14(19)17(26)15(20)5-11/h3-5,7,26H,8-9H2,1-2H3,(H,23,25)/b22-7+. The van der Waals surface area contributed by atoms with Crippen LogP contribution in [0.25, 0.3) is 0 Å². The summed E-state index contributed by atoms with van der Waals surface area (Å²) in [6.07, 6.45) is 1.28. The molecule has 0 saturated carbocycles. The summed E-state index contributed by atoms with van der Waals surface area (Å²) in [6, 6.07) is 6.31. The van der Waals surface area contributed by atoms with Gasteiger partial charge in [0.1, 0.15) is 18.2 Å². The first-order valence-corrected chi connectivity index (χ1v) is 8.66. The number of hydrazone groups is 1. The Morgan fingerprint density at radius 1 is 1.39 bits per heavy atom. The normalized spacial score (nSPS) is 10.8. The zero-order valence-electron chi connectivity index (χ0n) is 15.0. The fourth-order valence-corrected chi connectivity index (χ4v) is 2.94. The smallest absolute Gasteiger partial charge is 0.269 e. The van der Waals surface area contributed by atoms with E-state index in [4.69, 9.17) is 27.9 Å². The maximum atomic E-state index is 12.5. The Balaban J connectivity index is 2.16. The van der Waals surface area contributed by atoms with Crippen LogP contribution in [0.3, 0.4) is 0 Å². The average molecular weight is 423 g/mol. The summed E-state index contributed by atoms with van der Waals surface area (Å²) in [5, 5.41) is 22.6. The van der Waals surface area contributed by atoms with Crippen molar-refractivity contribution >= 4 is 35.3 Å². The molecule has 2 aromatic rings. The van der Waals surface area contributed by atoms with Crippen LogP contribution < -0.4 is 11.0 Å². The molecule has 10 heteroatoms. The van der Waals surface area contributed by atoms with Crippen LogP contribution in [-0.2, 0) is 22.7 Å². The summed E-state index contributed by atoms with van der Waals surface area (Å²) in [7, 11) is 1.46. The number of methoxy groups -OCH3 is 1. The molecule has 0 radical (unpaired) electrons. The van der Waals surface area contributed by atoms with Crippen LogP contribution in [0, 0.1) is 18.3 Å². The second-order valence-electron chi connectivity index (χ2n) is 5.75. The molecular formula is C18H16Cl2N4O4. The number of hydrogen-bond acceptors (Lipinski definition) is 6. The van der Waals surface area contributed by atoms with Crippen LogP contribution >= 0.6 is 23.2 Å². The third-order valence-corrected chi connectivity index (χ3v) is 4.32. The summed E-state index contributed by atoms with van der Waals surface area (Å²) in [6.45, 7) is 1.45. The van der Waals surface area contributed by atoms with Crippen LogP contribution in [0.2, 0.25) is 10.0 Å². The van der Waals surface area contributed by atoms with Gasteiger partial charge in [-0.3, -0.25) is 9.59 Å². The number of aromatic hydroxyl groups is 1. The Morgan fingerprint density at radius 2 is 2.04 bits per heavy atom. The fourth-order valence-electron chi connectivity index (χ4n) is 2.44. The molecule has 146 valence electrons. The van der Waals surface area contributed by atoms with Crippen molar-refractivity contribution in [1.29, 1.82) is 5.26 Å². The number of carbonyl (C=O) groups excluding carboxylic acids is 1. The van der Waals surface area contributed by atoms with E-state index in [1.807, 2.05) is 6.07 Å². The number of nitriles is 1. The Labute approximate surface area is 170 Å². The molecule has 0 saturated heterocycles. The van der Waals surface area contributed by atoms with Crippen molar-refractivity contribution in [2.24, 2.45) is 5.10 Å². The van der Waals surface area contributed by atoms with Crippen LogP contribution in [-0.4, -0.2) is 28.9 Å². The summed E-state index contributed by atoms with van der Waals surface area (Å²) in [5.41, 5.74) is 3.05. The lowest BCUT2D eigenvalue weighted by molar-refractivity contribution is -0.121. The zero-order chi connectivity index (χ0) is 20.8. The first kappa shape index (κ1) is 21.4. The predicted octanol–water partition coefficient (Wildman–Crippen LogP) is 2.34. The van der Waals surface area contributed by atoms with Gasteiger partial charge in [-0.05, 0) is 30.7 Å². The largest absolute Gasteiger partial charge is 0.505 e. The van der Waals surface area contributed by atoms with Gasteiger partial charge in [0.15, 0.2) is 5.75 Å². The molecule has 0 aliphatic carbocycles. The predicted molar refractivity (Wildman–Crippen MR) is 105 cm³/mol. The number of carbonyl (C=O) groups is 1. The van der Waals surface area contributed by atoms with Crippen molar-refractivity contribution in [3.63, 3.8) is 0 Å². The third kappa shape index (κ3) is 4.89. The molecule has 8 nitrogen and oxygen atoms in total. The molecule has 0 spiro atoms. The summed E-state index contributed by atoms with van der Waals surface area (Å²) >= 11 is 11.6. The highest BCUT2D eigenvalue weighted by Gasteiger charge is 2.14. The van der Waals surface area contributed by atoms with Gasteiger partial charge in [-0.25, -0.2) is 5.43 Å². The number of phenols is 1. The lowest BCUT2D eigenvalue weighted by Crippen LogP contribution is -2.33. The van der Waals surface area contributed by atoms with Crippen molar-refractivity contribution in [2.45, 2.75) is 20.1 Å². The van der Waals surface area contributed by atoms with Gasteiger partial charge in [-0.2, -0.15) is 10.4 Å². The van der Waals surface area contributed by atoms with E-state index in [-0.39, 0.29) is 34.5 Å². The fraction of sp³-hybridized carbons (Fsp3) is 0.222. The molecule has 1 heterocycles. The minimum absolute atomic E-state index is 0.0441. The van der Waals surface area contributed by atoms with Crippen LogP contribution in [0.5, 0.6) is 5.75 Å². The molecule has 2 rings (SSSR count). The molecule has 0 fully saturated rings. The molecule has 2 N–H and O–H groups in total. The van der Waals surface area contributed by atoms with Crippen molar-refractivity contribution in [2.75, 3.05) is 7.11 Å². The molecule has 0 aliphatic rings. The number of ether oxygens (including phenoxy) is 1. The van der Waals surface area contributed by atoms with Crippen LogP contribution in [0.4, 0.5) is 0 Å². The maximum absolute atomic E-state index is 12.5. The molecule has 0 unspecified atom stereocenters. The topological polar surface area (TPSA) is 117 Å². The molecule has 0 bridgehead atoms. The molecular weight excluding hydrogens is 407 g/mol. The van der Waals surface area contributed by atoms with Gasteiger partial charge in [0, 0.05) is 18.4 Å². The Kier molecular flexibility index (Phi) is 7.18. The number of benzene rings is 1. The molecule has 28 heavy (non-hydrogen) atoms. The number of phenolic OH excluding ortho intramolecular Hbond substituents is 1. The summed E-state index contributed by atoms with van der Waals surface area (Å²) in [4.78, 5) is 24.6. The quantitative estimate of drug-likeness (QED) is 0.547. The second-order valence-corrected chi connectivity index (χ2v) is 6.56. The highest BCUT2D eigenvalue weighted by atomic mass is 35.5. The van der Waals surface area contributed by atoms with Crippen molar-refractivity contribution < 1.29 is 14.6 Å². The second kappa shape index (κ2) is 9.37. The minimum atomic E-state index is -0.578. The number of amides is 1. The van der Waals surface area contributed by atoms with Gasteiger partial charge in [-0.1, -0.05) is 23.2 Å². The Bertz CT molecular complexity index is 1020. The van der Waals surface area contributed by atoms with E-state index in [0.717, 1.165) is 0 Å². The first-order valence-electron chi connectivity index (χ1n) is 7.90. The van der Waals surface area contributed by atoms with E-state index in [0.29, 0.717) is 16.8 Å². The van der Waals surface area contributed by atoms with E-state index >= 15 is 0 Å². The minimum Gasteiger partial charge on any atom is -0.505 e.